The Bertz CT molecular complexity index is 272. The topological polar surface area (TPSA) is 42.0 Å². The van der Waals surface area contributed by atoms with Gasteiger partial charge in [0.05, 0.1) is 13.2 Å². The lowest BCUT2D eigenvalue weighted by atomic mass is 10.1. The van der Waals surface area contributed by atoms with Gasteiger partial charge in [-0.2, -0.15) is 5.06 Å². The maximum atomic E-state index is 12.0. The molecular weight excluding hydrogens is 232 g/mol. The van der Waals surface area contributed by atoms with E-state index in [-0.39, 0.29) is 12.1 Å². The normalized spacial score (nSPS) is 21.2. The summed E-state index contributed by atoms with van der Waals surface area (Å²) in [4.78, 5) is 19.1. The van der Waals surface area contributed by atoms with Crippen LogP contribution in [0.4, 0.5) is 4.79 Å². The minimum atomic E-state index is -0.435. The van der Waals surface area contributed by atoms with Gasteiger partial charge >= 0.3 is 6.09 Å². The van der Waals surface area contributed by atoms with Gasteiger partial charge in [0.15, 0.2) is 0 Å². The van der Waals surface area contributed by atoms with Gasteiger partial charge in [0, 0.05) is 19.6 Å². The van der Waals surface area contributed by atoms with Crippen molar-refractivity contribution in [2.45, 2.75) is 52.2 Å². The zero-order chi connectivity index (χ0) is 13.8. The number of carbonyl (C=O) groups excluding carboxylic acids is 1. The quantitative estimate of drug-likeness (QED) is 0.728. The lowest BCUT2D eigenvalue weighted by molar-refractivity contribution is -0.168. The first-order valence-corrected chi connectivity index (χ1v) is 6.66. The Morgan fingerprint density at radius 1 is 1.44 bits per heavy atom. The first-order chi connectivity index (χ1) is 8.37. The molecule has 18 heavy (non-hydrogen) atoms. The number of carbonyl (C=O) groups is 1. The largest absolute Gasteiger partial charge is 0.444 e. The highest BCUT2D eigenvalue weighted by molar-refractivity contribution is 5.68. The predicted molar refractivity (Wildman–Crippen MR) is 70.2 cm³/mol. The molecule has 0 N–H and O–H groups in total. The van der Waals surface area contributed by atoms with Crippen molar-refractivity contribution >= 4 is 6.09 Å². The Morgan fingerprint density at radius 2 is 2.11 bits per heavy atom. The third kappa shape index (κ3) is 4.46. The van der Waals surface area contributed by atoms with Gasteiger partial charge < -0.3 is 14.5 Å². The second kappa shape index (κ2) is 6.38. The Kier molecular flexibility index (Phi) is 5.41. The van der Waals surface area contributed by atoms with E-state index in [9.17, 15) is 4.79 Å². The number of hydrogen-bond donors (Lipinski definition) is 0. The standard InChI is InChI=1S/C13H26N2O3/c1-6-15(17-5)11-8-7-9-14(10-11)12(16)18-13(2,3)4/h11H,6-10H2,1-5H3. The van der Waals surface area contributed by atoms with Crippen LogP contribution in [0.25, 0.3) is 0 Å². The molecule has 106 valence electrons. The van der Waals surface area contributed by atoms with Crippen molar-refractivity contribution in [3.63, 3.8) is 0 Å². The molecule has 1 atom stereocenters. The van der Waals surface area contributed by atoms with E-state index >= 15 is 0 Å². The lowest BCUT2D eigenvalue weighted by Gasteiger charge is -2.38. The van der Waals surface area contributed by atoms with Crippen molar-refractivity contribution in [2.75, 3.05) is 26.7 Å². The van der Waals surface area contributed by atoms with Crippen LogP contribution in [-0.4, -0.2) is 54.4 Å². The molecule has 1 aliphatic heterocycles. The molecule has 5 nitrogen and oxygen atoms in total. The fourth-order valence-electron chi connectivity index (χ4n) is 2.22. The summed E-state index contributed by atoms with van der Waals surface area (Å²) in [6.45, 7) is 9.99. The van der Waals surface area contributed by atoms with Crippen LogP contribution in [0.5, 0.6) is 0 Å². The minimum absolute atomic E-state index is 0.223. The van der Waals surface area contributed by atoms with Gasteiger partial charge in [0.25, 0.3) is 0 Å². The molecule has 1 rings (SSSR count). The fourth-order valence-corrected chi connectivity index (χ4v) is 2.22. The Morgan fingerprint density at radius 3 is 2.61 bits per heavy atom. The summed E-state index contributed by atoms with van der Waals surface area (Å²) in [5.74, 6) is 0. The second-order valence-corrected chi connectivity index (χ2v) is 5.64. The summed E-state index contributed by atoms with van der Waals surface area (Å²) < 4.78 is 5.40. The number of nitrogens with zero attached hydrogens (tertiary/aromatic N) is 2. The van der Waals surface area contributed by atoms with Crippen molar-refractivity contribution < 1.29 is 14.4 Å². The summed E-state index contributed by atoms with van der Waals surface area (Å²) in [5, 5.41) is 1.93. The van der Waals surface area contributed by atoms with E-state index < -0.39 is 5.60 Å². The van der Waals surface area contributed by atoms with Crippen LogP contribution in [-0.2, 0) is 9.57 Å². The predicted octanol–water partition coefficient (Wildman–Crippen LogP) is 2.27. The van der Waals surface area contributed by atoms with Crippen LogP contribution in [0.15, 0.2) is 0 Å². The zero-order valence-electron chi connectivity index (χ0n) is 12.2. The Balaban J connectivity index is 2.55. The van der Waals surface area contributed by atoms with Crippen molar-refractivity contribution in [3.05, 3.63) is 0 Å². The first-order valence-electron chi connectivity index (χ1n) is 6.66. The van der Waals surface area contributed by atoms with E-state index in [2.05, 4.69) is 6.92 Å². The molecule has 1 amide bonds. The van der Waals surface area contributed by atoms with E-state index in [1.54, 1.807) is 12.0 Å². The summed E-state index contributed by atoms with van der Waals surface area (Å²) in [6.07, 6.45) is 1.82. The molecule has 0 saturated carbocycles. The molecule has 1 aliphatic rings. The monoisotopic (exact) mass is 258 g/mol. The van der Waals surface area contributed by atoms with E-state index in [1.165, 1.54) is 0 Å². The molecule has 0 radical (unpaired) electrons. The molecule has 1 heterocycles. The van der Waals surface area contributed by atoms with E-state index in [0.29, 0.717) is 6.54 Å². The van der Waals surface area contributed by atoms with Gasteiger partial charge in [0.2, 0.25) is 0 Å². The number of amides is 1. The number of hydrogen-bond acceptors (Lipinski definition) is 4. The second-order valence-electron chi connectivity index (χ2n) is 5.64. The molecule has 0 aromatic heterocycles. The van der Waals surface area contributed by atoms with E-state index in [0.717, 1.165) is 25.9 Å². The van der Waals surface area contributed by atoms with Crippen LogP contribution in [0.1, 0.15) is 40.5 Å². The van der Waals surface area contributed by atoms with Gasteiger partial charge in [-0.05, 0) is 33.6 Å². The van der Waals surface area contributed by atoms with Crippen LogP contribution < -0.4 is 0 Å². The molecule has 1 unspecified atom stereocenters. The highest BCUT2D eigenvalue weighted by atomic mass is 16.7. The van der Waals surface area contributed by atoms with Crippen molar-refractivity contribution in [1.82, 2.24) is 9.96 Å². The molecule has 1 saturated heterocycles. The average molecular weight is 258 g/mol. The highest BCUT2D eigenvalue weighted by Gasteiger charge is 2.30. The summed E-state index contributed by atoms with van der Waals surface area (Å²) in [7, 11) is 1.68. The van der Waals surface area contributed by atoms with Gasteiger partial charge in [-0.3, -0.25) is 0 Å². The van der Waals surface area contributed by atoms with Crippen molar-refractivity contribution in [1.29, 1.82) is 0 Å². The molecule has 0 aromatic carbocycles. The van der Waals surface area contributed by atoms with Crippen molar-refractivity contribution in [2.24, 2.45) is 0 Å². The number of piperidine rings is 1. The van der Waals surface area contributed by atoms with Gasteiger partial charge in [-0.1, -0.05) is 6.92 Å². The molecule has 0 aliphatic carbocycles. The van der Waals surface area contributed by atoms with Crippen LogP contribution in [0, 0.1) is 0 Å². The maximum absolute atomic E-state index is 12.0. The molecule has 0 spiro atoms. The highest BCUT2D eigenvalue weighted by Crippen LogP contribution is 2.18. The van der Waals surface area contributed by atoms with E-state index in [4.69, 9.17) is 9.57 Å². The van der Waals surface area contributed by atoms with Crippen LogP contribution in [0.2, 0.25) is 0 Å². The third-order valence-corrected chi connectivity index (χ3v) is 3.00. The Hall–Kier alpha value is -0.810. The maximum Gasteiger partial charge on any atom is 0.410 e. The van der Waals surface area contributed by atoms with Gasteiger partial charge in [-0.25, -0.2) is 4.79 Å². The van der Waals surface area contributed by atoms with E-state index in [1.807, 2.05) is 25.8 Å². The minimum Gasteiger partial charge on any atom is -0.444 e. The van der Waals surface area contributed by atoms with Crippen LogP contribution >= 0.6 is 0 Å². The molecule has 0 bridgehead atoms. The van der Waals surface area contributed by atoms with Gasteiger partial charge in [-0.15, -0.1) is 0 Å². The van der Waals surface area contributed by atoms with Crippen molar-refractivity contribution in [3.8, 4) is 0 Å². The van der Waals surface area contributed by atoms with Gasteiger partial charge in [0.1, 0.15) is 5.60 Å². The molecule has 0 aromatic rings. The first kappa shape index (κ1) is 15.2. The Labute approximate surface area is 110 Å². The molecule has 5 heteroatoms. The SMILES string of the molecule is CCN(OC)C1CCCN(C(=O)OC(C)(C)C)C1. The number of ether oxygens (including phenoxy) is 1. The lowest BCUT2D eigenvalue weighted by Crippen LogP contribution is -2.50. The summed E-state index contributed by atoms with van der Waals surface area (Å²) in [6, 6.07) is 0.265. The fraction of sp³-hybridized carbons (Fsp3) is 0.923. The number of hydroxylamine groups is 2. The summed E-state index contributed by atoms with van der Waals surface area (Å²) >= 11 is 0. The number of likely N-dealkylation sites (N-methyl/N-ethyl adjacent to an activating group) is 1. The summed E-state index contributed by atoms with van der Waals surface area (Å²) in [5.41, 5.74) is -0.435. The van der Waals surface area contributed by atoms with Crippen LogP contribution in [0.3, 0.4) is 0 Å². The zero-order valence-corrected chi connectivity index (χ0v) is 12.2. The third-order valence-electron chi connectivity index (χ3n) is 3.00. The molecule has 1 fully saturated rings. The molecular formula is C13H26N2O3. The number of rotatable bonds is 3. The average Bonchev–Trinajstić information content (AvgIpc) is 2.29. The smallest absolute Gasteiger partial charge is 0.410 e. The number of likely N-dealkylation sites (tertiary alicyclic amines) is 1.